The Morgan fingerprint density at radius 3 is 2.67 bits per heavy atom. The van der Waals surface area contributed by atoms with Gasteiger partial charge in [-0.15, -0.1) is 0 Å². The number of amides is 1. The lowest BCUT2D eigenvalue weighted by atomic mass is 10.2. The number of carbonyl (C=O) groups is 1. The highest BCUT2D eigenvalue weighted by Crippen LogP contribution is 2.14. The van der Waals surface area contributed by atoms with Gasteiger partial charge in [0.05, 0.1) is 12.4 Å². The Kier molecular flexibility index (Phi) is 3.53. The molecule has 6 heteroatoms. The van der Waals surface area contributed by atoms with Crippen molar-refractivity contribution in [3.8, 4) is 0 Å². The molecule has 1 N–H and O–H groups in total. The molecule has 0 spiro atoms. The highest BCUT2D eigenvalue weighted by molar-refractivity contribution is 6.29. The maximum Gasteiger partial charge on any atom is 0.275 e. The lowest BCUT2D eigenvalue weighted by Gasteiger charge is -2.05. The Labute approximate surface area is 108 Å². The lowest BCUT2D eigenvalue weighted by Crippen LogP contribution is -2.14. The predicted octanol–water partition coefficient (Wildman–Crippen LogP) is 2.83. The van der Waals surface area contributed by atoms with E-state index in [1.807, 2.05) is 0 Å². The first-order chi connectivity index (χ1) is 8.54. The van der Waals surface area contributed by atoms with E-state index in [2.05, 4.69) is 15.3 Å². The number of hydrogen-bond acceptors (Lipinski definition) is 3. The highest BCUT2D eigenvalue weighted by atomic mass is 35.5. The lowest BCUT2D eigenvalue weighted by molar-refractivity contribution is 0.102. The summed E-state index contributed by atoms with van der Waals surface area (Å²) in [5.41, 5.74) is 1.20. The zero-order chi connectivity index (χ0) is 13.1. The maximum atomic E-state index is 13.1. The van der Waals surface area contributed by atoms with Gasteiger partial charge in [-0.05, 0) is 30.7 Å². The average molecular weight is 266 g/mol. The second-order valence-corrected chi connectivity index (χ2v) is 4.08. The molecule has 4 nitrogen and oxygen atoms in total. The largest absolute Gasteiger partial charge is 0.320 e. The zero-order valence-corrected chi connectivity index (χ0v) is 10.2. The molecule has 1 aromatic carbocycles. The number of hydrogen-bond donors (Lipinski definition) is 1. The monoisotopic (exact) mass is 265 g/mol. The summed E-state index contributed by atoms with van der Waals surface area (Å²) in [5.74, 6) is -0.878. The quantitative estimate of drug-likeness (QED) is 0.908. The van der Waals surface area contributed by atoms with Crippen LogP contribution in [0.2, 0.25) is 5.15 Å². The van der Waals surface area contributed by atoms with Crippen molar-refractivity contribution in [3.05, 3.63) is 52.8 Å². The number of halogens is 2. The van der Waals surface area contributed by atoms with Crippen LogP contribution in [0.4, 0.5) is 10.1 Å². The van der Waals surface area contributed by atoms with Gasteiger partial charge in [-0.3, -0.25) is 4.79 Å². The SMILES string of the molecule is Cc1cc(F)cc(NC(=O)c2cnc(Cl)cn2)c1. The molecule has 0 aliphatic rings. The van der Waals surface area contributed by atoms with Crippen molar-refractivity contribution in [2.45, 2.75) is 6.92 Å². The summed E-state index contributed by atoms with van der Waals surface area (Å²) < 4.78 is 13.1. The Morgan fingerprint density at radius 1 is 1.28 bits per heavy atom. The first-order valence-electron chi connectivity index (χ1n) is 5.11. The summed E-state index contributed by atoms with van der Waals surface area (Å²) in [7, 11) is 0. The predicted molar refractivity (Wildman–Crippen MR) is 66.1 cm³/mol. The van der Waals surface area contributed by atoms with Gasteiger partial charge in [-0.2, -0.15) is 0 Å². The number of aryl methyl sites for hydroxylation is 1. The molecule has 0 saturated carbocycles. The van der Waals surface area contributed by atoms with E-state index in [9.17, 15) is 9.18 Å². The van der Waals surface area contributed by atoms with Crippen molar-refractivity contribution in [3.63, 3.8) is 0 Å². The van der Waals surface area contributed by atoms with E-state index >= 15 is 0 Å². The summed E-state index contributed by atoms with van der Waals surface area (Å²) in [6.07, 6.45) is 2.52. The normalized spacial score (nSPS) is 10.2. The highest BCUT2D eigenvalue weighted by Gasteiger charge is 2.09. The van der Waals surface area contributed by atoms with Gasteiger partial charge in [-0.1, -0.05) is 11.6 Å². The zero-order valence-electron chi connectivity index (χ0n) is 9.45. The minimum atomic E-state index is -0.468. The molecule has 18 heavy (non-hydrogen) atoms. The van der Waals surface area contributed by atoms with Gasteiger partial charge in [0.25, 0.3) is 5.91 Å². The molecule has 0 bridgehead atoms. The number of aromatic nitrogens is 2. The van der Waals surface area contributed by atoms with E-state index < -0.39 is 11.7 Å². The molecule has 0 saturated heterocycles. The number of nitrogens with one attached hydrogen (secondary N) is 1. The van der Waals surface area contributed by atoms with Crippen LogP contribution in [0, 0.1) is 12.7 Å². The number of rotatable bonds is 2. The maximum absolute atomic E-state index is 13.1. The van der Waals surface area contributed by atoms with Crippen LogP contribution in [-0.4, -0.2) is 15.9 Å². The molecule has 92 valence electrons. The van der Waals surface area contributed by atoms with Crippen LogP contribution in [0.25, 0.3) is 0 Å². The van der Waals surface area contributed by atoms with Crippen LogP contribution < -0.4 is 5.32 Å². The van der Waals surface area contributed by atoms with E-state index in [0.29, 0.717) is 11.3 Å². The third kappa shape index (κ3) is 3.01. The van der Waals surface area contributed by atoms with Gasteiger partial charge in [0, 0.05) is 5.69 Å². The number of carbonyl (C=O) groups excluding carboxylic acids is 1. The standard InChI is InChI=1S/C12H9ClFN3O/c1-7-2-8(14)4-9(3-7)17-12(18)10-5-16-11(13)6-15-10/h2-6H,1H3,(H,17,18). The van der Waals surface area contributed by atoms with Crippen molar-refractivity contribution in [1.29, 1.82) is 0 Å². The fourth-order valence-electron chi connectivity index (χ4n) is 1.43. The molecule has 0 atom stereocenters. The molecule has 1 heterocycles. The number of nitrogens with zero attached hydrogens (tertiary/aromatic N) is 2. The first-order valence-corrected chi connectivity index (χ1v) is 5.48. The summed E-state index contributed by atoms with van der Waals surface area (Å²) >= 11 is 5.56. The van der Waals surface area contributed by atoms with Crippen molar-refractivity contribution >= 4 is 23.2 Å². The van der Waals surface area contributed by atoms with Gasteiger partial charge in [-0.25, -0.2) is 14.4 Å². The smallest absolute Gasteiger partial charge is 0.275 e. The van der Waals surface area contributed by atoms with E-state index in [1.54, 1.807) is 13.0 Å². The fraction of sp³-hybridized carbons (Fsp3) is 0.0833. The molecule has 1 aromatic heterocycles. The third-order valence-electron chi connectivity index (χ3n) is 2.15. The molecule has 0 aliphatic carbocycles. The van der Waals surface area contributed by atoms with Gasteiger partial charge in [0.1, 0.15) is 16.7 Å². The van der Waals surface area contributed by atoms with Crippen LogP contribution in [0.3, 0.4) is 0 Å². The number of benzene rings is 1. The van der Waals surface area contributed by atoms with Gasteiger partial charge in [0.15, 0.2) is 0 Å². The summed E-state index contributed by atoms with van der Waals surface area (Å²) in [5, 5.41) is 2.74. The Hall–Kier alpha value is -2.01. The van der Waals surface area contributed by atoms with Gasteiger partial charge in [0.2, 0.25) is 0 Å². The van der Waals surface area contributed by atoms with Crippen LogP contribution in [-0.2, 0) is 0 Å². The Balaban J connectivity index is 2.18. The van der Waals surface area contributed by atoms with Crippen LogP contribution in [0.15, 0.2) is 30.6 Å². The van der Waals surface area contributed by atoms with E-state index in [0.717, 1.165) is 0 Å². The second-order valence-electron chi connectivity index (χ2n) is 3.70. The van der Waals surface area contributed by atoms with Gasteiger partial charge >= 0.3 is 0 Å². The molecular formula is C12H9ClFN3O. The van der Waals surface area contributed by atoms with E-state index in [-0.39, 0.29) is 10.8 Å². The van der Waals surface area contributed by atoms with Crippen LogP contribution in [0.1, 0.15) is 16.1 Å². The molecule has 0 unspecified atom stereocenters. The average Bonchev–Trinajstić information content (AvgIpc) is 2.28. The van der Waals surface area contributed by atoms with Crippen molar-refractivity contribution in [1.82, 2.24) is 9.97 Å². The molecule has 0 radical (unpaired) electrons. The summed E-state index contributed by atoms with van der Waals surface area (Å²) in [6.45, 7) is 1.74. The molecule has 2 aromatic rings. The summed E-state index contributed by atoms with van der Waals surface area (Å²) in [6, 6.07) is 4.26. The summed E-state index contributed by atoms with van der Waals surface area (Å²) in [4.78, 5) is 19.3. The minimum Gasteiger partial charge on any atom is -0.320 e. The minimum absolute atomic E-state index is 0.112. The van der Waals surface area contributed by atoms with E-state index in [4.69, 9.17) is 11.6 Å². The Morgan fingerprint density at radius 2 is 2.06 bits per heavy atom. The van der Waals surface area contributed by atoms with Crippen molar-refractivity contribution < 1.29 is 9.18 Å². The molecule has 1 amide bonds. The molecule has 0 aliphatic heterocycles. The van der Waals surface area contributed by atoms with E-state index in [1.165, 1.54) is 24.5 Å². The van der Waals surface area contributed by atoms with Gasteiger partial charge < -0.3 is 5.32 Å². The number of anilines is 1. The topological polar surface area (TPSA) is 54.9 Å². The van der Waals surface area contributed by atoms with Crippen LogP contribution >= 0.6 is 11.6 Å². The van der Waals surface area contributed by atoms with Crippen LogP contribution in [0.5, 0.6) is 0 Å². The fourth-order valence-corrected chi connectivity index (χ4v) is 1.53. The third-order valence-corrected chi connectivity index (χ3v) is 2.35. The molecular weight excluding hydrogens is 257 g/mol. The Bertz CT molecular complexity index is 566. The first kappa shape index (κ1) is 12.4. The van der Waals surface area contributed by atoms with Crippen molar-refractivity contribution in [2.24, 2.45) is 0 Å². The molecule has 2 rings (SSSR count). The molecule has 0 fully saturated rings. The van der Waals surface area contributed by atoms with Crippen molar-refractivity contribution in [2.75, 3.05) is 5.32 Å². The second kappa shape index (κ2) is 5.10.